The Kier molecular flexibility index (Phi) is 5.63. The van der Waals surface area contributed by atoms with E-state index in [9.17, 15) is 14.7 Å². The molecule has 0 unspecified atom stereocenters. The van der Waals surface area contributed by atoms with Gasteiger partial charge in [-0.15, -0.1) is 10.2 Å². The van der Waals surface area contributed by atoms with Gasteiger partial charge in [-0.1, -0.05) is 0 Å². The van der Waals surface area contributed by atoms with Gasteiger partial charge in [0.15, 0.2) is 11.5 Å². The third-order valence-electron chi connectivity index (χ3n) is 3.67. The molecule has 0 spiro atoms. The van der Waals surface area contributed by atoms with Crippen molar-refractivity contribution in [1.29, 1.82) is 0 Å². The van der Waals surface area contributed by atoms with Crippen molar-refractivity contribution in [2.75, 3.05) is 12.4 Å². The van der Waals surface area contributed by atoms with Gasteiger partial charge in [0.2, 0.25) is 5.88 Å². The molecule has 0 saturated carbocycles. The fourth-order valence-corrected chi connectivity index (χ4v) is 2.43. The minimum Gasteiger partial charge on any atom is -0.480 e. The Morgan fingerprint density at radius 1 is 1.13 bits per heavy atom. The van der Waals surface area contributed by atoms with Crippen LogP contribution in [0.15, 0.2) is 36.5 Å². The van der Waals surface area contributed by atoms with Gasteiger partial charge in [-0.05, 0) is 45.0 Å². The Labute approximate surface area is 171 Å². The molecule has 0 aliphatic heterocycles. The average molecular weight is 412 g/mol. The van der Waals surface area contributed by atoms with Crippen molar-refractivity contribution in [2.24, 2.45) is 0 Å². The Balaban J connectivity index is 1.91. The van der Waals surface area contributed by atoms with Crippen LogP contribution in [0, 0.1) is 0 Å². The van der Waals surface area contributed by atoms with E-state index in [2.05, 4.69) is 25.6 Å². The van der Waals surface area contributed by atoms with Crippen molar-refractivity contribution in [3.63, 3.8) is 0 Å². The normalized spacial score (nSPS) is 11.1. The molecule has 3 aromatic heterocycles. The van der Waals surface area contributed by atoms with E-state index >= 15 is 0 Å². The number of rotatable bonds is 5. The molecule has 30 heavy (non-hydrogen) atoms. The molecule has 0 aliphatic rings. The first-order valence-corrected chi connectivity index (χ1v) is 8.84. The van der Waals surface area contributed by atoms with Crippen molar-refractivity contribution >= 4 is 17.9 Å². The van der Waals surface area contributed by atoms with Crippen LogP contribution in [-0.2, 0) is 4.74 Å². The van der Waals surface area contributed by atoms with E-state index in [1.807, 2.05) is 0 Å². The zero-order valence-electron chi connectivity index (χ0n) is 16.8. The van der Waals surface area contributed by atoms with E-state index in [0.29, 0.717) is 23.0 Å². The highest BCUT2D eigenvalue weighted by molar-refractivity contribution is 5.87. The summed E-state index contributed by atoms with van der Waals surface area (Å²) in [5, 5.41) is 23.8. The van der Waals surface area contributed by atoms with Crippen molar-refractivity contribution in [1.82, 2.24) is 25.0 Å². The fraction of sp³-hybridized carbons (Fsp3) is 0.263. The molecular weight excluding hydrogens is 392 g/mol. The zero-order chi connectivity index (χ0) is 21.9. The lowest BCUT2D eigenvalue weighted by molar-refractivity contribution is 0.0633. The number of hydrogen-bond acceptors (Lipinski definition) is 8. The molecule has 2 N–H and O–H groups in total. The van der Waals surface area contributed by atoms with Crippen LogP contribution in [0.5, 0.6) is 5.88 Å². The van der Waals surface area contributed by atoms with Crippen LogP contribution in [0.4, 0.5) is 10.6 Å². The zero-order valence-corrected chi connectivity index (χ0v) is 16.8. The number of aromatic carboxylic acids is 1. The first-order valence-electron chi connectivity index (χ1n) is 8.84. The standard InChI is InChI=1S/C19H20N6O5/c1-19(2,3)30-18(28)21-14-6-5-11(10-20-14)13-9-12(17(26)27)24-25(13)15-7-8-16(29-4)23-22-15/h5-10H,1-4H3,(H,26,27)(H,20,21,28). The summed E-state index contributed by atoms with van der Waals surface area (Å²) in [5.74, 6) is -0.297. The highest BCUT2D eigenvalue weighted by Crippen LogP contribution is 2.24. The summed E-state index contributed by atoms with van der Waals surface area (Å²) in [5.41, 5.74) is 0.187. The quantitative estimate of drug-likeness (QED) is 0.647. The van der Waals surface area contributed by atoms with E-state index < -0.39 is 17.7 Å². The van der Waals surface area contributed by atoms with Crippen molar-refractivity contribution in [3.05, 3.63) is 42.2 Å². The van der Waals surface area contributed by atoms with E-state index in [1.165, 1.54) is 24.1 Å². The average Bonchev–Trinajstić information content (AvgIpc) is 3.13. The molecule has 0 aliphatic carbocycles. The summed E-state index contributed by atoms with van der Waals surface area (Å²) in [6.07, 6.45) is 0.845. The monoisotopic (exact) mass is 412 g/mol. The molecule has 0 saturated heterocycles. The first kappa shape index (κ1) is 20.7. The van der Waals surface area contributed by atoms with Crippen LogP contribution in [-0.4, -0.2) is 54.8 Å². The second kappa shape index (κ2) is 8.15. The second-order valence-electron chi connectivity index (χ2n) is 7.12. The smallest absolute Gasteiger partial charge is 0.413 e. The van der Waals surface area contributed by atoms with E-state index in [4.69, 9.17) is 9.47 Å². The second-order valence-corrected chi connectivity index (χ2v) is 7.12. The highest BCUT2D eigenvalue weighted by Gasteiger charge is 2.19. The van der Waals surface area contributed by atoms with Crippen molar-refractivity contribution in [3.8, 4) is 23.0 Å². The van der Waals surface area contributed by atoms with E-state index in [-0.39, 0.29) is 11.5 Å². The number of amides is 1. The maximum absolute atomic E-state index is 11.9. The molecule has 11 heteroatoms. The number of anilines is 1. The summed E-state index contributed by atoms with van der Waals surface area (Å²) >= 11 is 0. The summed E-state index contributed by atoms with van der Waals surface area (Å²) in [6.45, 7) is 5.27. The molecule has 3 aromatic rings. The van der Waals surface area contributed by atoms with Crippen molar-refractivity contribution in [2.45, 2.75) is 26.4 Å². The molecule has 1 amide bonds. The Hall–Kier alpha value is -4.02. The lowest BCUT2D eigenvalue weighted by Crippen LogP contribution is -2.27. The molecule has 156 valence electrons. The number of carboxylic acids is 1. The number of aromatic nitrogens is 5. The first-order chi connectivity index (χ1) is 14.2. The SMILES string of the molecule is COc1ccc(-n2nc(C(=O)O)cc2-c2ccc(NC(=O)OC(C)(C)C)nc2)nn1. The van der Waals surface area contributed by atoms with Gasteiger partial charge in [0.05, 0.1) is 12.8 Å². The highest BCUT2D eigenvalue weighted by atomic mass is 16.6. The van der Waals surface area contributed by atoms with Gasteiger partial charge in [0, 0.05) is 17.8 Å². The maximum atomic E-state index is 11.9. The van der Waals surface area contributed by atoms with E-state index in [1.54, 1.807) is 45.0 Å². The number of carboxylic acid groups (broad SMARTS) is 1. The number of nitrogens with one attached hydrogen (secondary N) is 1. The molecule has 0 aromatic carbocycles. The number of nitrogens with zero attached hydrogens (tertiary/aromatic N) is 5. The fourth-order valence-electron chi connectivity index (χ4n) is 2.43. The summed E-state index contributed by atoms with van der Waals surface area (Å²) in [7, 11) is 1.46. The third-order valence-corrected chi connectivity index (χ3v) is 3.67. The molecule has 3 heterocycles. The third kappa shape index (κ3) is 4.87. The predicted octanol–water partition coefficient (Wildman–Crippen LogP) is 2.78. The van der Waals surface area contributed by atoms with Crippen LogP contribution < -0.4 is 10.1 Å². The minimum absolute atomic E-state index is 0.168. The van der Waals surface area contributed by atoms with Crippen LogP contribution >= 0.6 is 0 Å². The van der Waals surface area contributed by atoms with Gasteiger partial charge in [-0.3, -0.25) is 5.32 Å². The van der Waals surface area contributed by atoms with Crippen LogP contribution in [0.25, 0.3) is 17.1 Å². The van der Waals surface area contributed by atoms with Gasteiger partial charge < -0.3 is 14.6 Å². The Bertz CT molecular complexity index is 1050. The molecule has 0 radical (unpaired) electrons. The molecule has 0 bridgehead atoms. The minimum atomic E-state index is -1.19. The number of ether oxygens (including phenoxy) is 2. The predicted molar refractivity (Wildman–Crippen MR) is 106 cm³/mol. The lowest BCUT2D eigenvalue weighted by atomic mass is 10.2. The maximum Gasteiger partial charge on any atom is 0.413 e. The van der Waals surface area contributed by atoms with Crippen LogP contribution in [0.3, 0.4) is 0 Å². The van der Waals surface area contributed by atoms with Gasteiger partial charge in [-0.25, -0.2) is 19.3 Å². The van der Waals surface area contributed by atoms with Crippen molar-refractivity contribution < 1.29 is 24.2 Å². The molecular formula is C19H20N6O5. The summed E-state index contributed by atoms with van der Waals surface area (Å²) in [6, 6.07) is 7.80. The Morgan fingerprint density at radius 3 is 2.43 bits per heavy atom. The van der Waals surface area contributed by atoms with Crippen LogP contribution in [0.1, 0.15) is 31.3 Å². The number of pyridine rings is 1. The van der Waals surface area contributed by atoms with Gasteiger partial charge >= 0.3 is 12.1 Å². The largest absolute Gasteiger partial charge is 0.480 e. The van der Waals surface area contributed by atoms with Crippen LogP contribution in [0.2, 0.25) is 0 Å². The topological polar surface area (TPSA) is 141 Å². The summed E-state index contributed by atoms with van der Waals surface area (Å²) < 4.78 is 11.5. The molecule has 0 fully saturated rings. The number of carbonyl (C=O) groups is 2. The van der Waals surface area contributed by atoms with E-state index in [0.717, 1.165) is 0 Å². The van der Waals surface area contributed by atoms with Gasteiger partial charge in [0.1, 0.15) is 11.4 Å². The van der Waals surface area contributed by atoms with Gasteiger partial charge in [-0.2, -0.15) is 5.10 Å². The summed E-state index contributed by atoms with van der Waals surface area (Å²) in [4.78, 5) is 27.5. The van der Waals surface area contributed by atoms with Gasteiger partial charge in [0.25, 0.3) is 0 Å². The number of hydrogen-bond donors (Lipinski definition) is 2. The molecule has 0 atom stereocenters. The number of carbonyl (C=O) groups excluding carboxylic acids is 1. The lowest BCUT2D eigenvalue weighted by Gasteiger charge is -2.19. The number of methoxy groups -OCH3 is 1. The Morgan fingerprint density at radius 2 is 1.90 bits per heavy atom. The molecule has 3 rings (SSSR count). The molecule has 11 nitrogen and oxygen atoms in total.